The Labute approximate surface area is 125 Å². The number of halogens is 2. The van der Waals surface area contributed by atoms with E-state index in [2.05, 4.69) is 25.7 Å². The van der Waals surface area contributed by atoms with Gasteiger partial charge in [0.2, 0.25) is 0 Å². The van der Waals surface area contributed by atoms with Crippen molar-refractivity contribution in [2.45, 2.75) is 13.5 Å². The maximum Gasteiger partial charge on any atom is 0.345 e. The number of aromatic nitrogens is 1. The first-order valence-corrected chi connectivity index (χ1v) is 6.47. The Kier molecular flexibility index (Phi) is 6.96. The van der Waals surface area contributed by atoms with Gasteiger partial charge in [0.05, 0.1) is 12.2 Å². The fourth-order valence-electron chi connectivity index (χ4n) is 1.49. The van der Waals surface area contributed by atoms with Gasteiger partial charge in [-0.25, -0.2) is 9.78 Å². The Bertz CT molecular complexity index is 526. The second-order valence-electron chi connectivity index (χ2n) is 4.07. The lowest BCUT2D eigenvalue weighted by atomic mass is 10.2. The van der Waals surface area contributed by atoms with Crippen LogP contribution in [0.1, 0.15) is 12.5 Å². The zero-order chi connectivity index (χ0) is 16.5. The SMILES string of the molecule is CCNC(=N)c1cnc(NC(=O)NCCOC(F)F)cc1N. The van der Waals surface area contributed by atoms with Crippen molar-refractivity contribution in [3.63, 3.8) is 0 Å². The molecule has 1 aromatic heterocycles. The molecule has 2 amide bonds. The quantitative estimate of drug-likeness (QED) is 0.291. The number of urea groups is 1. The molecule has 0 unspecified atom stereocenters. The number of nitrogens with two attached hydrogens (primary N) is 1. The van der Waals surface area contributed by atoms with Crippen LogP contribution in [0, 0.1) is 5.41 Å². The standard InChI is InChI=1S/C12H18F2N6O2/c1-2-17-10(16)7-6-19-9(5-8(7)15)20-12(21)18-3-4-22-11(13)14/h5-6,11H,2-4H2,1H3,(H2,16,17)(H4,15,18,19,20,21). The number of alkyl halides is 2. The zero-order valence-corrected chi connectivity index (χ0v) is 12.0. The molecule has 0 fully saturated rings. The molecule has 0 aliphatic heterocycles. The van der Waals surface area contributed by atoms with Crippen LogP contribution < -0.4 is 21.7 Å². The van der Waals surface area contributed by atoms with Crippen molar-refractivity contribution in [1.82, 2.24) is 15.6 Å². The molecule has 22 heavy (non-hydrogen) atoms. The van der Waals surface area contributed by atoms with Gasteiger partial charge in [-0.05, 0) is 6.92 Å². The third-order valence-electron chi connectivity index (χ3n) is 2.43. The summed E-state index contributed by atoms with van der Waals surface area (Å²) in [6.07, 6.45) is 1.36. The normalized spacial score (nSPS) is 10.4. The zero-order valence-electron chi connectivity index (χ0n) is 12.0. The minimum Gasteiger partial charge on any atom is -0.398 e. The van der Waals surface area contributed by atoms with E-state index < -0.39 is 12.6 Å². The molecule has 8 nitrogen and oxygen atoms in total. The van der Waals surface area contributed by atoms with Crippen molar-refractivity contribution >= 4 is 23.4 Å². The van der Waals surface area contributed by atoms with Crippen LogP contribution in [0.25, 0.3) is 0 Å². The lowest BCUT2D eigenvalue weighted by Crippen LogP contribution is -2.32. The van der Waals surface area contributed by atoms with Crippen LogP contribution in [0.2, 0.25) is 0 Å². The van der Waals surface area contributed by atoms with Crippen molar-refractivity contribution in [1.29, 1.82) is 5.41 Å². The number of nitrogen functional groups attached to an aromatic ring is 1. The maximum atomic E-state index is 11.7. The summed E-state index contributed by atoms with van der Waals surface area (Å²) in [5.41, 5.74) is 6.48. The lowest BCUT2D eigenvalue weighted by molar-refractivity contribution is -0.126. The number of hydrogen-bond acceptors (Lipinski definition) is 5. The van der Waals surface area contributed by atoms with E-state index in [1.807, 2.05) is 6.92 Å². The summed E-state index contributed by atoms with van der Waals surface area (Å²) in [5.74, 6) is 0.311. The summed E-state index contributed by atoms with van der Waals surface area (Å²) >= 11 is 0. The molecule has 0 bridgehead atoms. The largest absolute Gasteiger partial charge is 0.398 e. The van der Waals surface area contributed by atoms with Crippen molar-refractivity contribution in [2.75, 3.05) is 30.7 Å². The van der Waals surface area contributed by atoms with E-state index in [1.165, 1.54) is 12.3 Å². The number of rotatable bonds is 7. The van der Waals surface area contributed by atoms with Gasteiger partial charge in [-0.1, -0.05) is 0 Å². The van der Waals surface area contributed by atoms with Gasteiger partial charge in [-0.3, -0.25) is 10.7 Å². The van der Waals surface area contributed by atoms with Gasteiger partial charge < -0.3 is 21.1 Å². The molecule has 0 aliphatic carbocycles. The molecule has 1 aromatic rings. The number of carbonyl (C=O) groups is 1. The second-order valence-corrected chi connectivity index (χ2v) is 4.07. The molecule has 0 saturated carbocycles. The number of anilines is 2. The Morgan fingerprint density at radius 3 is 2.82 bits per heavy atom. The van der Waals surface area contributed by atoms with Gasteiger partial charge in [0, 0.05) is 31.0 Å². The van der Waals surface area contributed by atoms with Gasteiger partial charge in [0.15, 0.2) is 0 Å². The van der Waals surface area contributed by atoms with Crippen molar-refractivity contribution in [2.24, 2.45) is 0 Å². The fraction of sp³-hybridized carbons (Fsp3) is 0.417. The van der Waals surface area contributed by atoms with Crippen molar-refractivity contribution < 1.29 is 18.3 Å². The minimum atomic E-state index is -2.87. The molecule has 0 aromatic carbocycles. The van der Waals surface area contributed by atoms with Crippen molar-refractivity contribution in [3.05, 3.63) is 17.8 Å². The Hall–Kier alpha value is -2.49. The highest BCUT2D eigenvalue weighted by atomic mass is 19.3. The molecule has 0 spiro atoms. The highest BCUT2D eigenvalue weighted by Gasteiger charge is 2.09. The molecular formula is C12H18F2N6O2. The summed E-state index contributed by atoms with van der Waals surface area (Å²) in [5, 5.41) is 15.2. The molecular weight excluding hydrogens is 298 g/mol. The van der Waals surface area contributed by atoms with Crippen LogP contribution in [-0.2, 0) is 4.74 Å². The van der Waals surface area contributed by atoms with E-state index >= 15 is 0 Å². The summed E-state index contributed by atoms with van der Waals surface area (Å²) < 4.78 is 27.4. The van der Waals surface area contributed by atoms with E-state index in [0.717, 1.165) is 0 Å². The number of ether oxygens (including phenoxy) is 1. The van der Waals surface area contributed by atoms with Crippen LogP contribution in [0.15, 0.2) is 12.3 Å². The third-order valence-corrected chi connectivity index (χ3v) is 2.43. The van der Waals surface area contributed by atoms with Gasteiger partial charge in [0.1, 0.15) is 11.7 Å². The number of amidine groups is 1. The smallest absolute Gasteiger partial charge is 0.345 e. The van der Waals surface area contributed by atoms with Gasteiger partial charge in [-0.15, -0.1) is 0 Å². The Morgan fingerprint density at radius 1 is 1.50 bits per heavy atom. The van der Waals surface area contributed by atoms with E-state index in [0.29, 0.717) is 12.1 Å². The number of nitrogens with zero attached hydrogens (tertiary/aromatic N) is 1. The van der Waals surface area contributed by atoms with E-state index in [-0.39, 0.29) is 30.5 Å². The number of hydrogen-bond donors (Lipinski definition) is 5. The van der Waals surface area contributed by atoms with Crippen LogP contribution in [0.4, 0.5) is 25.1 Å². The molecule has 122 valence electrons. The van der Waals surface area contributed by atoms with E-state index in [4.69, 9.17) is 11.1 Å². The first-order valence-electron chi connectivity index (χ1n) is 6.47. The predicted octanol–water partition coefficient (Wildman–Crippen LogP) is 0.959. The topological polar surface area (TPSA) is 125 Å². The third kappa shape index (κ3) is 5.87. The summed E-state index contributed by atoms with van der Waals surface area (Å²) in [7, 11) is 0. The highest BCUT2D eigenvalue weighted by molar-refractivity contribution is 6.01. The van der Waals surface area contributed by atoms with Crippen LogP contribution >= 0.6 is 0 Å². The Morgan fingerprint density at radius 2 is 2.23 bits per heavy atom. The molecule has 10 heteroatoms. The first kappa shape index (κ1) is 17.6. The molecule has 0 saturated heterocycles. The average Bonchev–Trinajstić information content (AvgIpc) is 2.43. The monoisotopic (exact) mass is 316 g/mol. The number of nitrogens with one attached hydrogen (secondary N) is 4. The average molecular weight is 316 g/mol. The van der Waals surface area contributed by atoms with E-state index in [9.17, 15) is 13.6 Å². The van der Waals surface area contributed by atoms with Gasteiger partial charge >= 0.3 is 12.6 Å². The summed E-state index contributed by atoms with van der Waals surface area (Å²) in [6, 6.07) is 0.774. The number of amides is 2. The van der Waals surface area contributed by atoms with Crippen LogP contribution in [0.5, 0.6) is 0 Å². The summed E-state index contributed by atoms with van der Waals surface area (Å²) in [4.78, 5) is 15.4. The lowest BCUT2D eigenvalue weighted by Gasteiger charge is -2.11. The number of carbonyl (C=O) groups excluding carboxylic acids is 1. The van der Waals surface area contributed by atoms with E-state index in [1.54, 1.807) is 0 Å². The number of pyridine rings is 1. The van der Waals surface area contributed by atoms with Crippen molar-refractivity contribution in [3.8, 4) is 0 Å². The van der Waals surface area contributed by atoms with Gasteiger partial charge in [-0.2, -0.15) is 8.78 Å². The fourth-order valence-corrected chi connectivity index (χ4v) is 1.49. The van der Waals surface area contributed by atoms with Crippen LogP contribution in [-0.4, -0.2) is 43.2 Å². The Balaban J connectivity index is 2.51. The second kappa shape index (κ2) is 8.72. The molecule has 0 atom stereocenters. The van der Waals surface area contributed by atoms with Gasteiger partial charge in [0.25, 0.3) is 0 Å². The maximum absolute atomic E-state index is 11.7. The predicted molar refractivity (Wildman–Crippen MR) is 78.1 cm³/mol. The summed E-state index contributed by atoms with van der Waals surface area (Å²) in [6.45, 7) is -0.836. The molecule has 0 radical (unpaired) electrons. The first-order chi connectivity index (χ1) is 10.4. The van der Waals surface area contributed by atoms with Crippen LogP contribution in [0.3, 0.4) is 0 Å². The molecule has 1 rings (SSSR count). The molecule has 0 aliphatic rings. The molecule has 1 heterocycles. The highest BCUT2D eigenvalue weighted by Crippen LogP contribution is 2.14. The molecule has 6 N–H and O–H groups in total. The minimum absolute atomic E-state index is 0.0746.